The first-order chi connectivity index (χ1) is 36.3. The summed E-state index contributed by atoms with van der Waals surface area (Å²) in [7, 11) is -5.97. The van der Waals surface area contributed by atoms with Crippen LogP contribution in [0.5, 0.6) is 0 Å². The van der Waals surface area contributed by atoms with Crippen molar-refractivity contribution in [3.63, 3.8) is 0 Å². The van der Waals surface area contributed by atoms with Crippen molar-refractivity contribution in [2.75, 3.05) is 22.6 Å². The van der Waals surface area contributed by atoms with Gasteiger partial charge in [0.15, 0.2) is 25.5 Å². The number of nitrogen functional groups attached to an aromatic ring is 1. The number of nitrogens with one attached hydrogen (secondary N) is 3. The molecule has 0 bridgehead atoms. The number of fused-ring (bicyclic) bond motifs is 2. The van der Waals surface area contributed by atoms with Crippen LogP contribution in [0.15, 0.2) is 98.1 Å². The number of nitrogens with zero attached hydrogens (tertiary/aromatic N) is 12. The van der Waals surface area contributed by atoms with Crippen LogP contribution in [0.2, 0.25) is 5.15 Å². The van der Waals surface area contributed by atoms with E-state index in [-0.39, 0.29) is 53.3 Å². The van der Waals surface area contributed by atoms with E-state index in [4.69, 9.17) is 17.3 Å². The molecule has 0 aliphatic carbocycles. The van der Waals surface area contributed by atoms with Crippen LogP contribution in [0.3, 0.4) is 0 Å². The predicted octanol–water partition coefficient (Wildman–Crippen LogP) is 7.22. The fourth-order valence-electron chi connectivity index (χ4n) is 8.14. The third kappa shape index (κ3) is 14.8. The van der Waals surface area contributed by atoms with E-state index in [0.717, 1.165) is 44.8 Å². The lowest BCUT2D eigenvalue weighted by Gasteiger charge is -2.18. The molecule has 0 fully saturated rings. The molecule has 2 aliphatic heterocycles. The minimum atomic E-state index is -3.08. The molecule has 22 nitrogen and oxygen atoms in total. The van der Waals surface area contributed by atoms with Gasteiger partial charge in [0.2, 0.25) is 0 Å². The second-order valence-electron chi connectivity index (χ2n) is 20.7. The van der Waals surface area contributed by atoms with Crippen molar-refractivity contribution in [1.29, 1.82) is 0 Å². The highest BCUT2D eigenvalue weighted by molar-refractivity contribution is 7.90. The van der Waals surface area contributed by atoms with Gasteiger partial charge in [0, 0.05) is 60.9 Å². The van der Waals surface area contributed by atoms with Crippen molar-refractivity contribution in [3.8, 4) is 22.5 Å². The predicted molar refractivity (Wildman–Crippen MR) is 300 cm³/mol. The van der Waals surface area contributed by atoms with E-state index in [2.05, 4.69) is 56.3 Å². The summed E-state index contributed by atoms with van der Waals surface area (Å²) < 4.78 is 53.0. The summed E-state index contributed by atoms with van der Waals surface area (Å²) in [6.07, 6.45) is 9.61. The molecular weight excluding hydrogens is 1060 g/mol. The Hall–Kier alpha value is -7.83. The molecule has 8 heterocycles. The molecule has 78 heavy (non-hydrogen) atoms. The summed E-state index contributed by atoms with van der Waals surface area (Å²) in [6, 6.07) is 18.8. The molecule has 2 aliphatic rings. The van der Waals surface area contributed by atoms with E-state index in [1.807, 2.05) is 97.9 Å². The normalized spacial score (nSPS) is 14.2. The van der Waals surface area contributed by atoms with Gasteiger partial charge in [-0.3, -0.25) is 28.3 Å². The smallest absolute Gasteiger partial charge is 0.254 e. The van der Waals surface area contributed by atoms with Crippen molar-refractivity contribution >= 4 is 60.5 Å². The molecule has 2 aromatic carbocycles. The highest BCUT2D eigenvalue weighted by Crippen LogP contribution is 2.26. The van der Waals surface area contributed by atoms with E-state index >= 15 is 0 Å². The van der Waals surface area contributed by atoms with Gasteiger partial charge in [0.05, 0.1) is 93.5 Å². The number of halogens is 1. The first-order valence-corrected chi connectivity index (χ1v) is 28.5. The fourth-order valence-corrected chi connectivity index (χ4v) is 10.8. The maximum atomic E-state index is 12.6. The Kier molecular flexibility index (Phi) is 17.4. The van der Waals surface area contributed by atoms with Crippen molar-refractivity contribution in [1.82, 2.24) is 69.7 Å². The number of aromatic nitrogens is 12. The quantitative estimate of drug-likeness (QED) is 0.0983. The van der Waals surface area contributed by atoms with Crippen LogP contribution in [0.1, 0.15) is 103 Å². The van der Waals surface area contributed by atoms with Gasteiger partial charge in [-0.25, -0.2) is 36.8 Å². The van der Waals surface area contributed by atoms with E-state index < -0.39 is 19.7 Å². The largest absolute Gasteiger partial charge is 0.382 e. The van der Waals surface area contributed by atoms with Gasteiger partial charge in [0.1, 0.15) is 29.4 Å². The zero-order valence-corrected chi connectivity index (χ0v) is 46.4. The van der Waals surface area contributed by atoms with E-state index in [1.165, 1.54) is 12.7 Å². The molecule has 10 rings (SSSR count). The number of amides is 2. The third-order valence-corrected chi connectivity index (χ3v) is 15.8. The Balaban J connectivity index is 0.000000191. The molecule has 6 aromatic heterocycles. The van der Waals surface area contributed by atoms with Crippen molar-refractivity contribution in [2.45, 2.75) is 112 Å². The van der Waals surface area contributed by atoms with Crippen LogP contribution in [0.4, 0.5) is 17.5 Å². The van der Waals surface area contributed by atoms with Gasteiger partial charge in [-0.2, -0.15) is 20.4 Å². The molecule has 0 saturated heterocycles. The Labute approximate surface area is 459 Å². The second-order valence-corrected chi connectivity index (χ2v) is 25.4. The van der Waals surface area contributed by atoms with Gasteiger partial charge in [-0.1, -0.05) is 43.3 Å². The molecule has 2 amide bonds. The molecule has 412 valence electrons. The Morgan fingerprint density at radius 2 is 1.10 bits per heavy atom. The number of hydrogen-bond donors (Lipinski definition) is 4. The lowest BCUT2D eigenvalue weighted by Crippen LogP contribution is -2.24. The maximum absolute atomic E-state index is 12.6. The minimum absolute atomic E-state index is 0. The lowest BCUT2D eigenvalue weighted by molar-refractivity contribution is 0.0942. The summed E-state index contributed by atoms with van der Waals surface area (Å²) in [5.41, 5.74) is 15.0. The van der Waals surface area contributed by atoms with Crippen molar-refractivity contribution in [3.05, 3.63) is 148 Å². The second kappa shape index (κ2) is 23.4. The molecule has 25 heteroatoms. The van der Waals surface area contributed by atoms with Crippen LogP contribution in [-0.4, -0.2) is 99.2 Å². The number of benzene rings is 2. The Morgan fingerprint density at radius 1 is 0.628 bits per heavy atom. The number of carbonyl (C=O) groups is 2. The lowest BCUT2D eigenvalue weighted by atomic mass is 10.0. The number of rotatable bonds is 10. The summed E-state index contributed by atoms with van der Waals surface area (Å²) in [5.74, 6) is 1.49. The number of nitrogens with two attached hydrogens (primary N) is 1. The molecule has 0 saturated carbocycles. The van der Waals surface area contributed by atoms with Gasteiger partial charge in [0.25, 0.3) is 11.8 Å². The number of anilines is 3. The third-order valence-electron chi connectivity index (χ3n) is 12.5. The van der Waals surface area contributed by atoms with Gasteiger partial charge in [-0.15, -0.1) is 0 Å². The van der Waals surface area contributed by atoms with Crippen molar-refractivity contribution < 1.29 is 26.4 Å². The van der Waals surface area contributed by atoms with Crippen LogP contribution >= 0.6 is 11.6 Å². The fraction of sp³-hybridized carbons (Fsp3) is 0.358. The van der Waals surface area contributed by atoms with Crippen molar-refractivity contribution in [2.24, 2.45) is 0 Å². The van der Waals surface area contributed by atoms with Crippen LogP contribution in [0, 0.1) is 13.8 Å². The first kappa shape index (κ1) is 57.9. The highest BCUT2D eigenvalue weighted by Gasteiger charge is 2.25. The first-order valence-electron chi connectivity index (χ1n) is 24.5. The summed E-state index contributed by atoms with van der Waals surface area (Å²) in [5, 5.41) is 26.4. The SMILES string of the molecule is C.Cc1cc(-c2cc(Cl)ncn2)ccc1CNC(=O)c1cnn(C(C)(C)C)c1.Cc1cc(-c2cc(Nc3cc4n(n3)CCS(=O)(=O)C4)ncn2)ccc1CNC(=O)c1cnn(C(C)(C)C)c1.Nc1cc2n(n1)CCS(=O)(=O)C2. The molecule has 5 N–H and O–H groups in total. The highest BCUT2D eigenvalue weighted by atomic mass is 35.5. The maximum Gasteiger partial charge on any atom is 0.254 e. The Morgan fingerprint density at radius 3 is 1.58 bits per heavy atom. The monoisotopic (exact) mass is 1120 g/mol. The van der Waals surface area contributed by atoms with Crippen LogP contribution in [0.25, 0.3) is 22.5 Å². The standard InChI is InChI=1S/C26H30N8O3S.C20H22ClN5O.C6H9N3O2S.CH4/c1-17-9-18(5-6-19(17)12-27-25(35)20-13-30-34(14-20)26(2,3)4)22-11-23(29-16-28-22)31-24-10-21-15-38(36,37)8-7-33(21)32-24;1-13-7-14(17-8-18(21)24-12-23-17)5-6-15(13)9-22-19(27)16-10-25-26(11-16)20(2,3)4;7-6-3-5-4-12(10,11)2-1-9(5)8-6;/h5-6,9-11,13-14,16H,7-8,12,15H2,1-4H3,(H,27,35)(H,28,29,31,32);5-8,10-12H,9H2,1-4H3,(H,22,27);3H,1-2,4H2,(H2,7,8);1H4. The van der Waals surface area contributed by atoms with Gasteiger partial charge in [-0.05, 0) is 89.8 Å². The topological polar surface area (TPSA) is 287 Å². The Bertz CT molecular complexity index is 3700. The van der Waals surface area contributed by atoms with Crippen LogP contribution in [-0.2, 0) is 68.4 Å². The summed E-state index contributed by atoms with van der Waals surface area (Å²) in [4.78, 5) is 41.9. The minimum Gasteiger partial charge on any atom is -0.382 e. The molecule has 8 aromatic rings. The van der Waals surface area contributed by atoms with Crippen LogP contribution < -0.4 is 21.7 Å². The average molecular weight is 1120 g/mol. The zero-order valence-electron chi connectivity index (χ0n) is 44.0. The average Bonchev–Trinajstić information content (AvgIpc) is 4.20. The zero-order chi connectivity index (χ0) is 55.5. The van der Waals surface area contributed by atoms with E-state index in [1.54, 1.807) is 61.7 Å². The number of sulfone groups is 2. The number of hydrogen-bond acceptors (Lipinski definition) is 16. The summed E-state index contributed by atoms with van der Waals surface area (Å²) in [6.45, 7) is 17.8. The van der Waals surface area contributed by atoms with Gasteiger partial charge >= 0.3 is 0 Å². The molecular formula is C53H65ClN16O6S2. The van der Waals surface area contributed by atoms with Gasteiger partial charge < -0.3 is 21.7 Å². The molecule has 0 atom stereocenters. The van der Waals surface area contributed by atoms with E-state index in [9.17, 15) is 26.4 Å². The summed E-state index contributed by atoms with van der Waals surface area (Å²) >= 11 is 5.93. The molecule has 0 radical (unpaired) electrons. The van der Waals surface area contributed by atoms with E-state index in [0.29, 0.717) is 71.3 Å². The number of aryl methyl sites for hydroxylation is 4. The molecule has 0 unspecified atom stereocenters. The number of carbonyl (C=O) groups excluding carboxylic acids is 2. The molecule has 0 spiro atoms.